The molecule has 12 heteroatoms. The fourth-order valence-electron chi connectivity index (χ4n) is 5.81. The summed E-state index contributed by atoms with van der Waals surface area (Å²) in [6.45, 7) is 9.88. The molecule has 1 aromatic carbocycles. The Labute approximate surface area is 247 Å². The Morgan fingerprint density at radius 2 is 1.93 bits per heavy atom. The van der Waals surface area contributed by atoms with Gasteiger partial charge in [-0.25, -0.2) is 8.42 Å². The largest absolute Gasteiger partial charge is 0.494 e. The van der Waals surface area contributed by atoms with Crippen LogP contribution in [0.4, 0.5) is 11.4 Å². The molecule has 0 aliphatic carbocycles. The zero-order chi connectivity index (χ0) is 29.1. The number of aromatic nitrogens is 2. The van der Waals surface area contributed by atoms with E-state index in [2.05, 4.69) is 49.3 Å². The van der Waals surface area contributed by atoms with E-state index >= 15 is 0 Å². The Balaban J connectivity index is 1.50. The third-order valence-corrected chi connectivity index (χ3v) is 8.65. The van der Waals surface area contributed by atoms with Gasteiger partial charge in [0.1, 0.15) is 5.75 Å². The molecule has 0 radical (unpaired) electrons. The van der Waals surface area contributed by atoms with E-state index in [-0.39, 0.29) is 12.1 Å². The fraction of sp³-hybridized carbons (Fsp3) is 0.448. The topological polar surface area (TPSA) is 101 Å². The van der Waals surface area contributed by atoms with Crippen LogP contribution in [-0.2, 0) is 21.3 Å². The van der Waals surface area contributed by atoms with Gasteiger partial charge in [0.25, 0.3) is 0 Å². The number of sulfonamides is 1. The van der Waals surface area contributed by atoms with Crippen molar-refractivity contribution in [3.05, 3.63) is 71.3 Å². The van der Waals surface area contributed by atoms with E-state index in [0.717, 1.165) is 69.0 Å². The van der Waals surface area contributed by atoms with E-state index in [9.17, 15) is 8.42 Å². The minimum atomic E-state index is -3.48. The second-order valence-corrected chi connectivity index (χ2v) is 12.7. The predicted octanol–water partition coefficient (Wildman–Crippen LogP) is 3.78. The number of nitrogens with one attached hydrogen (secondary N) is 2. The molecule has 0 amide bonds. The molecule has 3 aromatic rings. The maximum absolute atomic E-state index is 11.9. The normalized spacial score (nSPS) is 19.8. The molecule has 2 aliphatic rings. The average Bonchev–Trinajstić information content (AvgIpc) is 3.44. The molecule has 2 aromatic heterocycles. The van der Waals surface area contributed by atoms with Crippen molar-refractivity contribution in [2.24, 2.45) is 0 Å². The van der Waals surface area contributed by atoms with Crippen LogP contribution in [0.5, 0.6) is 5.75 Å². The van der Waals surface area contributed by atoms with E-state index in [1.165, 1.54) is 18.5 Å². The highest BCUT2D eigenvalue weighted by molar-refractivity contribution is 7.92. The lowest BCUT2D eigenvalue weighted by atomic mass is 9.96. The summed E-state index contributed by atoms with van der Waals surface area (Å²) < 4.78 is 39.8. The van der Waals surface area contributed by atoms with Crippen molar-refractivity contribution in [1.29, 1.82) is 0 Å². The van der Waals surface area contributed by atoms with Crippen LogP contribution in [0.3, 0.4) is 0 Å². The van der Waals surface area contributed by atoms with Gasteiger partial charge in [0.2, 0.25) is 10.0 Å². The number of rotatable bonds is 10. The van der Waals surface area contributed by atoms with Gasteiger partial charge in [0.05, 0.1) is 50.0 Å². The summed E-state index contributed by atoms with van der Waals surface area (Å²) in [5.41, 5.74) is 5.60. The van der Waals surface area contributed by atoms with Crippen LogP contribution in [-0.4, -0.2) is 74.2 Å². The molecule has 220 valence electrons. The number of nitrogens with zero attached hydrogens (tertiary/aromatic N) is 4. The standard InChI is InChI=1S/C29H38N6O4S2/c1-20-18-23(21(2)34(20)13-7-12-33-14-16-39-17-15-33)28-27(25-8-5-6-11-30-25)31-29(40)35(28)22-9-10-24(26(19-22)38-3)32-41(4,36)37/h5-6,8-11,18-19,27-28,32H,7,12-17H2,1-4H3,(H,31,40)/t27-,28+/m0/s1. The third-order valence-electron chi connectivity index (χ3n) is 7.75. The zero-order valence-corrected chi connectivity index (χ0v) is 25.6. The Hall–Kier alpha value is -3.19. The molecule has 0 saturated carbocycles. The number of pyridine rings is 1. The molecule has 2 N–H and O–H groups in total. The lowest BCUT2D eigenvalue weighted by Crippen LogP contribution is -2.37. The molecule has 2 atom stereocenters. The number of methoxy groups -OCH3 is 1. The Morgan fingerprint density at radius 3 is 2.61 bits per heavy atom. The molecule has 2 fully saturated rings. The molecule has 2 saturated heterocycles. The van der Waals surface area contributed by atoms with Crippen LogP contribution in [0, 0.1) is 13.8 Å². The highest BCUT2D eigenvalue weighted by atomic mass is 32.2. The second-order valence-electron chi connectivity index (χ2n) is 10.5. The summed E-state index contributed by atoms with van der Waals surface area (Å²) in [6.07, 6.45) is 3.96. The molecule has 2 aliphatic heterocycles. The van der Waals surface area contributed by atoms with Crippen molar-refractivity contribution in [2.45, 2.75) is 38.9 Å². The number of hydrogen-bond acceptors (Lipinski definition) is 7. The number of benzene rings is 1. The summed E-state index contributed by atoms with van der Waals surface area (Å²) in [4.78, 5) is 9.22. The van der Waals surface area contributed by atoms with Gasteiger partial charge in [-0.05, 0) is 68.4 Å². The summed E-state index contributed by atoms with van der Waals surface area (Å²) in [7, 11) is -1.96. The number of ether oxygens (including phenoxy) is 2. The van der Waals surface area contributed by atoms with Crippen LogP contribution in [0.2, 0.25) is 0 Å². The number of anilines is 2. The third kappa shape index (κ3) is 6.50. The second kappa shape index (κ2) is 12.4. The minimum absolute atomic E-state index is 0.185. The molecular weight excluding hydrogens is 560 g/mol. The lowest BCUT2D eigenvalue weighted by molar-refractivity contribution is 0.0369. The number of hydrogen-bond donors (Lipinski definition) is 2. The van der Waals surface area contributed by atoms with Gasteiger partial charge in [-0.2, -0.15) is 0 Å². The van der Waals surface area contributed by atoms with Crippen LogP contribution < -0.4 is 19.7 Å². The van der Waals surface area contributed by atoms with Gasteiger partial charge in [-0.15, -0.1) is 0 Å². The molecule has 5 rings (SSSR count). The van der Waals surface area contributed by atoms with E-state index in [1.54, 1.807) is 12.3 Å². The maximum Gasteiger partial charge on any atom is 0.229 e. The molecule has 41 heavy (non-hydrogen) atoms. The smallest absolute Gasteiger partial charge is 0.229 e. The SMILES string of the molecule is COc1cc(N2C(=S)N[C@@H](c3ccccn3)[C@H]2c2cc(C)n(CCCN3CCOCC3)c2C)ccc1NS(C)(=O)=O. The van der Waals surface area contributed by atoms with Crippen molar-refractivity contribution in [2.75, 3.05) is 55.8 Å². The van der Waals surface area contributed by atoms with E-state index in [0.29, 0.717) is 16.5 Å². The predicted molar refractivity (Wildman–Crippen MR) is 165 cm³/mol. The van der Waals surface area contributed by atoms with Crippen LogP contribution in [0.25, 0.3) is 0 Å². The summed E-state index contributed by atoms with van der Waals surface area (Å²) >= 11 is 5.91. The lowest BCUT2D eigenvalue weighted by Gasteiger charge is -2.29. The van der Waals surface area contributed by atoms with Crippen molar-refractivity contribution >= 4 is 38.7 Å². The molecule has 4 heterocycles. The van der Waals surface area contributed by atoms with Gasteiger partial charge in [-0.1, -0.05) is 6.07 Å². The Morgan fingerprint density at radius 1 is 1.15 bits per heavy atom. The molecule has 0 unspecified atom stereocenters. The zero-order valence-electron chi connectivity index (χ0n) is 24.0. The van der Waals surface area contributed by atoms with Gasteiger partial charge >= 0.3 is 0 Å². The van der Waals surface area contributed by atoms with Crippen LogP contribution in [0.15, 0.2) is 48.7 Å². The van der Waals surface area contributed by atoms with Crippen LogP contribution >= 0.6 is 12.2 Å². The number of thiocarbonyl (C=S) groups is 1. The first-order chi connectivity index (χ1) is 19.7. The van der Waals surface area contributed by atoms with Gasteiger partial charge < -0.3 is 24.3 Å². The van der Waals surface area contributed by atoms with Gasteiger partial charge in [0, 0.05) is 55.5 Å². The number of aryl methyl sites for hydroxylation is 1. The molecule has 0 bridgehead atoms. The maximum atomic E-state index is 11.9. The average molecular weight is 599 g/mol. The fourth-order valence-corrected chi connectivity index (χ4v) is 6.73. The van der Waals surface area contributed by atoms with E-state index < -0.39 is 10.0 Å². The number of morpholine rings is 1. The minimum Gasteiger partial charge on any atom is -0.494 e. The first-order valence-corrected chi connectivity index (χ1v) is 16.1. The van der Waals surface area contributed by atoms with Crippen molar-refractivity contribution in [3.63, 3.8) is 0 Å². The monoisotopic (exact) mass is 598 g/mol. The first kappa shape index (κ1) is 29.3. The summed E-state index contributed by atoms with van der Waals surface area (Å²) in [5.74, 6) is 0.407. The quantitative estimate of drug-likeness (QED) is 0.338. The van der Waals surface area contributed by atoms with Crippen LogP contribution in [0.1, 0.15) is 41.1 Å². The van der Waals surface area contributed by atoms with Crippen molar-refractivity contribution in [1.82, 2.24) is 19.8 Å². The van der Waals surface area contributed by atoms with Crippen molar-refractivity contribution in [3.8, 4) is 5.75 Å². The van der Waals surface area contributed by atoms with E-state index in [4.69, 9.17) is 21.7 Å². The summed E-state index contributed by atoms with van der Waals surface area (Å²) in [6, 6.07) is 13.2. The molecule has 0 spiro atoms. The molecular formula is C29H38N6O4S2. The van der Waals surface area contributed by atoms with E-state index in [1.807, 2.05) is 30.3 Å². The Kier molecular flexibility index (Phi) is 8.83. The Bertz CT molecular complexity index is 1490. The highest BCUT2D eigenvalue weighted by Crippen LogP contribution is 2.44. The van der Waals surface area contributed by atoms with Gasteiger partial charge in [0.15, 0.2) is 5.11 Å². The van der Waals surface area contributed by atoms with Crippen molar-refractivity contribution < 1.29 is 17.9 Å². The summed E-state index contributed by atoms with van der Waals surface area (Å²) in [5, 5.41) is 4.08. The molecule has 10 nitrogen and oxygen atoms in total. The van der Waals surface area contributed by atoms with Gasteiger partial charge in [-0.3, -0.25) is 14.6 Å². The highest BCUT2D eigenvalue weighted by Gasteiger charge is 2.42. The first-order valence-electron chi connectivity index (χ1n) is 13.8.